The minimum Gasteiger partial charge on any atom is -0.462 e. The molecule has 0 aliphatic carbocycles. The highest BCUT2D eigenvalue weighted by Gasteiger charge is 2.35. The van der Waals surface area contributed by atoms with Gasteiger partial charge in [-0.15, -0.1) is 0 Å². The highest BCUT2D eigenvalue weighted by Crippen LogP contribution is 2.36. The topological polar surface area (TPSA) is 79.1 Å². The minimum atomic E-state index is -1.07. The molecular formula is C33H33F2N7O2. The molecule has 0 spiro atoms. The second kappa shape index (κ2) is 12.1. The molecule has 0 N–H and O–H groups in total. The molecule has 2 aliphatic rings. The van der Waals surface area contributed by atoms with Crippen molar-refractivity contribution in [3.63, 3.8) is 0 Å². The largest absolute Gasteiger partial charge is 0.462 e. The third-order valence-corrected chi connectivity index (χ3v) is 8.67. The monoisotopic (exact) mass is 597 g/mol. The Hall–Kier alpha value is -4.69. The number of aromatic nitrogens is 3. The molecule has 2 saturated heterocycles. The van der Waals surface area contributed by atoms with Crippen molar-refractivity contribution in [2.24, 2.45) is 0 Å². The van der Waals surface area contributed by atoms with E-state index in [0.29, 0.717) is 23.4 Å². The van der Waals surface area contributed by atoms with Crippen LogP contribution in [0.25, 0.3) is 37.8 Å². The summed E-state index contributed by atoms with van der Waals surface area (Å²) in [4.78, 5) is 35.2. The molecule has 6 rings (SSSR count). The number of amides is 1. The van der Waals surface area contributed by atoms with Gasteiger partial charge in [0.15, 0.2) is 11.6 Å². The van der Waals surface area contributed by atoms with Crippen molar-refractivity contribution >= 4 is 33.4 Å². The Kier molecular flexibility index (Phi) is 8.10. The Balaban J connectivity index is 1.45. The van der Waals surface area contributed by atoms with Gasteiger partial charge in [-0.1, -0.05) is 43.0 Å². The van der Waals surface area contributed by atoms with E-state index >= 15 is 4.39 Å². The fourth-order valence-electron chi connectivity index (χ4n) is 6.33. The average Bonchev–Trinajstić information content (AvgIpc) is 3.44. The van der Waals surface area contributed by atoms with Crippen molar-refractivity contribution in [2.45, 2.75) is 31.8 Å². The predicted molar refractivity (Wildman–Crippen MR) is 166 cm³/mol. The summed E-state index contributed by atoms with van der Waals surface area (Å²) in [7, 11) is 2.04. The summed E-state index contributed by atoms with van der Waals surface area (Å²) in [5, 5.41) is 2.27. The van der Waals surface area contributed by atoms with Gasteiger partial charge in [-0.05, 0) is 49.7 Å². The molecule has 226 valence electrons. The molecule has 2 aliphatic heterocycles. The van der Waals surface area contributed by atoms with Gasteiger partial charge in [0.25, 0.3) is 5.91 Å². The molecule has 0 radical (unpaired) electrons. The smallest absolute Gasteiger partial charge is 0.319 e. The Labute approximate surface area is 254 Å². The van der Waals surface area contributed by atoms with Gasteiger partial charge in [0.05, 0.1) is 5.39 Å². The average molecular weight is 598 g/mol. The summed E-state index contributed by atoms with van der Waals surface area (Å²) in [5.74, 6) is -2.11. The van der Waals surface area contributed by atoms with Crippen molar-refractivity contribution in [1.29, 1.82) is 0 Å². The summed E-state index contributed by atoms with van der Waals surface area (Å²) in [6, 6.07) is 11.3. The Morgan fingerprint density at radius 1 is 1.16 bits per heavy atom. The molecule has 2 atom stereocenters. The Bertz CT molecular complexity index is 1800. The van der Waals surface area contributed by atoms with E-state index in [0.717, 1.165) is 35.7 Å². The van der Waals surface area contributed by atoms with E-state index in [9.17, 15) is 9.18 Å². The van der Waals surface area contributed by atoms with Crippen LogP contribution in [-0.2, 0) is 4.79 Å². The summed E-state index contributed by atoms with van der Waals surface area (Å²) in [5.41, 5.74) is 1.90. The molecule has 0 unspecified atom stereocenters. The van der Waals surface area contributed by atoms with Crippen LogP contribution in [0, 0.1) is 19.3 Å². The zero-order chi connectivity index (χ0) is 31.0. The van der Waals surface area contributed by atoms with E-state index < -0.39 is 23.6 Å². The van der Waals surface area contributed by atoms with Crippen LogP contribution >= 0.6 is 0 Å². The number of anilines is 1. The predicted octanol–water partition coefficient (Wildman–Crippen LogP) is 5.19. The molecule has 44 heavy (non-hydrogen) atoms. The van der Waals surface area contributed by atoms with Crippen molar-refractivity contribution in [1.82, 2.24) is 24.8 Å². The second-order valence-corrected chi connectivity index (χ2v) is 11.4. The van der Waals surface area contributed by atoms with E-state index in [2.05, 4.69) is 26.3 Å². The SMILES string of the molecule is [C-]#[N+]C[C@H]1CN(c2nc(OC[C@H]3CCCN3C)nc3c(F)c(-c4cccc5cccc(C)c45)ncc23)CCN1C(=O)C(=C)F. The van der Waals surface area contributed by atoms with Gasteiger partial charge in [0, 0.05) is 37.4 Å². The quantitative estimate of drug-likeness (QED) is 0.215. The lowest BCUT2D eigenvalue weighted by molar-refractivity contribution is -0.131. The van der Waals surface area contributed by atoms with Crippen LogP contribution in [0.15, 0.2) is 55.0 Å². The number of benzene rings is 2. The maximum atomic E-state index is 16.6. The molecular weight excluding hydrogens is 564 g/mol. The van der Waals surface area contributed by atoms with Crippen molar-refractivity contribution < 1.29 is 18.3 Å². The van der Waals surface area contributed by atoms with Gasteiger partial charge in [0.2, 0.25) is 6.54 Å². The van der Waals surface area contributed by atoms with E-state index in [1.165, 1.54) is 4.90 Å². The number of halogens is 2. The van der Waals surface area contributed by atoms with Crippen molar-refractivity contribution in [3.05, 3.63) is 77.8 Å². The lowest BCUT2D eigenvalue weighted by atomic mass is 9.97. The van der Waals surface area contributed by atoms with Crippen LogP contribution in [0.1, 0.15) is 18.4 Å². The van der Waals surface area contributed by atoms with Gasteiger partial charge in [-0.3, -0.25) is 9.78 Å². The number of carbonyl (C=O) groups is 1. The third kappa shape index (κ3) is 5.42. The van der Waals surface area contributed by atoms with E-state index in [1.54, 1.807) is 6.20 Å². The Morgan fingerprint density at radius 2 is 1.95 bits per heavy atom. The highest BCUT2D eigenvalue weighted by molar-refractivity contribution is 6.00. The van der Waals surface area contributed by atoms with Gasteiger partial charge in [-0.2, -0.15) is 9.97 Å². The first-order valence-electron chi connectivity index (χ1n) is 14.7. The normalized spacial score (nSPS) is 19.0. The van der Waals surface area contributed by atoms with Crippen LogP contribution in [0.2, 0.25) is 0 Å². The number of carbonyl (C=O) groups excluding carboxylic acids is 1. The molecule has 2 aromatic carbocycles. The number of ether oxygens (including phenoxy) is 1. The zero-order valence-corrected chi connectivity index (χ0v) is 24.8. The number of pyridine rings is 1. The number of piperazine rings is 1. The van der Waals surface area contributed by atoms with Gasteiger partial charge in [0.1, 0.15) is 29.7 Å². The van der Waals surface area contributed by atoms with Crippen LogP contribution in [0.5, 0.6) is 6.01 Å². The third-order valence-electron chi connectivity index (χ3n) is 8.67. The molecule has 0 bridgehead atoms. The number of fused-ring (bicyclic) bond motifs is 2. The number of hydrogen-bond acceptors (Lipinski definition) is 7. The number of nitrogens with zero attached hydrogens (tertiary/aromatic N) is 7. The van der Waals surface area contributed by atoms with Gasteiger partial charge >= 0.3 is 6.01 Å². The standard InChI is InChI=1S/C33H33F2N7O2/c1-20-8-5-9-22-10-6-12-25(27(20)22)29-28(35)30-26(17-37-29)31(39-33(38-30)44-19-23-11-7-13-40(23)4)41-14-15-42(32(43)21(2)34)24(18-41)16-36-3/h5-6,8-10,12,17,23-24H,2,7,11,13-16,18-19H2,1,4H3/t23-,24+/m1/s1. The first kappa shape index (κ1) is 29.4. The highest BCUT2D eigenvalue weighted by atomic mass is 19.1. The minimum absolute atomic E-state index is 0.0346. The van der Waals surface area contributed by atoms with Crippen LogP contribution in [0.3, 0.4) is 0 Å². The molecule has 1 amide bonds. The van der Waals surface area contributed by atoms with Crippen molar-refractivity contribution in [2.75, 3.05) is 51.3 Å². The first-order valence-corrected chi connectivity index (χ1v) is 14.7. The second-order valence-electron chi connectivity index (χ2n) is 11.4. The number of aryl methyl sites for hydroxylation is 1. The van der Waals surface area contributed by atoms with Crippen LogP contribution < -0.4 is 9.64 Å². The molecule has 2 aromatic heterocycles. The van der Waals surface area contributed by atoms with Gasteiger partial charge < -0.3 is 24.3 Å². The molecule has 0 saturated carbocycles. The molecule has 4 heterocycles. The fourth-order valence-corrected chi connectivity index (χ4v) is 6.33. The number of likely N-dealkylation sites (tertiary alicyclic amines) is 1. The van der Waals surface area contributed by atoms with Gasteiger partial charge in [-0.25, -0.2) is 15.4 Å². The lowest BCUT2D eigenvalue weighted by Gasteiger charge is -2.39. The summed E-state index contributed by atoms with van der Waals surface area (Å²) in [6.45, 7) is 14.4. The molecule has 9 nitrogen and oxygen atoms in total. The number of rotatable bonds is 7. The lowest BCUT2D eigenvalue weighted by Crippen LogP contribution is -2.56. The summed E-state index contributed by atoms with van der Waals surface area (Å²) >= 11 is 0. The summed E-state index contributed by atoms with van der Waals surface area (Å²) in [6.07, 6.45) is 3.62. The fraction of sp³-hybridized carbons (Fsp3) is 0.364. The number of likely N-dealkylation sites (N-methyl/N-ethyl adjacent to an activating group) is 1. The molecule has 11 heteroatoms. The first-order chi connectivity index (χ1) is 21.3. The van der Waals surface area contributed by atoms with E-state index in [-0.39, 0.29) is 49.4 Å². The maximum Gasteiger partial charge on any atom is 0.319 e. The zero-order valence-electron chi connectivity index (χ0n) is 24.8. The maximum absolute atomic E-state index is 16.6. The summed E-state index contributed by atoms with van der Waals surface area (Å²) < 4.78 is 36.5. The van der Waals surface area contributed by atoms with E-state index in [1.807, 2.05) is 55.3 Å². The van der Waals surface area contributed by atoms with Crippen LogP contribution in [-0.4, -0.2) is 89.1 Å². The van der Waals surface area contributed by atoms with E-state index in [4.69, 9.17) is 16.3 Å². The van der Waals surface area contributed by atoms with Crippen molar-refractivity contribution in [3.8, 4) is 17.3 Å². The Morgan fingerprint density at radius 3 is 2.68 bits per heavy atom. The molecule has 4 aromatic rings. The molecule has 2 fully saturated rings. The van der Waals surface area contributed by atoms with Crippen LogP contribution in [0.4, 0.5) is 14.6 Å². The number of hydrogen-bond donors (Lipinski definition) is 0.